The molecule has 7 nitrogen and oxygen atoms in total. The lowest BCUT2D eigenvalue weighted by atomic mass is 10.1. The van der Waals surface area contributed by atoms with Crippen LogP contribution in [0.5, 0.6) is 5.88 Å². The maximum Gasteiger partial charge on any atom is 0.411 e. The molecule has 0 saturated carbocycles. The van der Waals surface area contributed by atoms with Crippen LogP contribution >= 0.6 is 11.6 Å². The summed E-state index contributed by atoms with van der Waals surface area (Å²) >= 11 is 5.92. The first-order chi connectivity index (χ1) is 11.0. The van der Waals surface area contributed by atoms with E-state index in [9.17, 15) is 14.4 Å². The van der Waals surface area contributed by atoms with Crippen molar-refractivity contribution in [1.29, 1.82) is 0 Å². The van der Waals surface area contributed by atoms with Crippen LogP contribution in [0.25, 0.3) is 0 Å². The second-order valence-corrected chi connectivity index (χ2v) is 5.21. The van der Waals surface area contributed by atoms with Crippen LogP contribution in [-0.2, 0) is 6.54 Å². The average molecular weight is 332 g/mol. The second-order valence-electron chi connectivity index (χ2n) is 4.78. The SMILES string of the molecule is NC(=O)Oc1cc(Cl)cc(CN2C(=O)c3ccccc3C2=O)n1. The molecule has 0 atom stereocenters. The highest BCUT2D eigenvalue weighted by molar-refractivity contribution is 6.30. The van der Waals surface area contributed by atoms with Crippen LogP contribution in [0.4, 0.5) is 4.79 Å². The van der Waals surface area contributed by atoms with E-state index in [1.807, 2.05) is 0 Å². The third kappa shape index (κ3) is 2.86. The number of carbonyl (C=O) groups excluding carboxylic acids is 3. The number of carbonyl (C=O) groups is 3. The minimum absolute atomic E-state index is 0.0952. The summed E-state index contributed by atoms with van der Waals surface area (Å²) in [6.07, 6.45) is -1.04. The molecule has 0 bridgehead atoms. The number of hydrogen-bond acceptors (Lipinski definition) is 5. The van der Waals surface area contributed by atoms with Crippen LogP contribution in [0, 0.1) is 0 Å². The van der Waals surface area contributed by atoms with Gasteiger partial charge in [0.1, 0.15) is 0 Å². The van der Waals surface area contributed by atoms with Crippen molar-refractivity contribution in [2.45, 2.75) is 6.54 Å². The van der Waals surface area contributed by atoms with Gasteiger partial charge in [0.2, 0.25) is 5.88 Å². The summed E-state index contributed by atoms with van der Waals surface area (Å²) in [4.78, 5) is 40.5. The van der Waals surface area contributed by atoms with Gasteiger partial charge in [-0.1, -0.05) is 23.7 Å². The Balaban J connectivity index is 1.89. The Morgan fingerprint density at radius 2 is 1.78 bits per heavy atom. The van der Waals surface area contributed by atoms with Crippen molar-refractivity contribution < 1.29 is 19.1 Å². The first-order valence-corrected chi connectivity index (χ1v) is 6.92. The molecule has 3 amide bonds. The number of aromatic nitrogens is 1. The number of ether oxygens (including phenoxy) is 1. The van der Waals surface area contributed by atoms with Gasteiger partial charge in [-0.25, -0.2) is 9.78 Å². The normalized spacial score (nSPS) is 13.2. The zero-order chi connectivity index (χ0) is 16.6. The van der Waals surface area contributed by atoms with Gasteiger partial charge in [-0.3, -0.25) is 14.5 Å². The number of primary amides is 1. The van der Waals surface area contributed by atoms with Gasteiger partial charge in [0.05, 0.1) is 23.4 Å². The molecule has 23 heavy (non-hydrogen) atoms. The third-order valence-electron chi connectivity index (χ3n) is 3.22. The fourth-order valence-electron chi connectivity index (χ4n) is 2.31. The van der Waals surface area contributed by atoms with E-state index < -0.39 is 17.9 Å². The topological polar surface area (TPSA) is 103 Å². The van der Waals surface area contributed by atoms with Crippen molar-refractivity contribution in [3.8, 4) is 5.88 Å². The van der Waals surface area contributed by atoms with Crippen molar-refractivity contribution in [1.82, 2.24) is 9.88 Å². The van der Waals surface area contributed by atoms with E-state index in [1.54, 1.807) is 24.3 Å². The number of hydrogen-bond donors (Lipinski definition) is 1. The van der Waals surface area contributed by atoms with Gasteiger partial charge in [-0.2, -0.15) is 0 Å². The molecule has 1 aliphatic rings. The molecule has 0 spiro atoms. The zero-order valence-electron chi connectivity index (χ0n) is 11.7. The predicted octanol–water partition coefficient (Wildman–Crippen LogP) is 1.99. The zero-order valence-corrected chi connectivity index (χ0v) is 12.4. The van der Waals surface area contributed by atoms with Crippen LogP contribution in [0.2, 0.25) is 5.02 Å². The van der Waals surface area contributed by atoms with E-state index in [1.165, 1.54) is 12.1 Å². The lowest BCUT2D eigenvalue weighted by Crippen LogP contribution is -2.29. The average Bonchev–Trinajstić information content (AvgIpc) is 2.72. The third-order valence-corrected chi connectivity index (χ3v) is 3.44. The Hall–Kier alpha value is -2.93. The summed E-state index contributed by atoms with van der Waals surface area (Å²) in [5.74, 6) is -0.925. The van der Waals surface area contributed by atoms with E-state index in [0.29, 0.717) is 16.8 Å². The lowest BCUT2D eigenvalue weighted by molar-refractivity contribution is 0.0640. The van der Waals surface area contributed by atoms with Crippen LogP contribution < -0.4 is 10.5 Å². The van der Waals surface area contributed by atoms with Gasteiger partial charge in [0.15, 0.2) is 0 Å². The van der Waals surface area contributed by atoms with Crippen molar-refractivity contribution in [3.05, 3.63) is 58.2 Å². The molecular weight excluding hydrogens is 322 g/mol. The molecule has 1 aliphatic heterocycles. The summed E-state index contributed by atoms with van der Waals surface area (Å²) in [5, 5.41) is 0.239. The van der Waals surface area contributed by atoms with Crippen LogP contribution in [0.3, 0.4) is 0 Å². The van der Waals surface area contributed by atoms with Crippen molar-refractivity contribution in [3.63, 3.8) is 0 Å². The number of nitrogens with two attached hydrogens (primary N) is 1. The van der Waals surface area contributed by atoms with Gasteiger partial charge in [-0.15, -0.1) is 0 Å². The van der Waals surface area contributed by atoms with Gasteiger partial charge < -0.3 is 10.5 Å². The van der Waals surface area contributed by atoms with E-state index in [2.05, 4.69) is 9.72 Å². The number of amides is 3. The molecule has 0 aliphatic carbocycles. The molecule has 0 fully saturated rings. The van der Waals surface area contributed by atoms with Gasteiger partial charge in [-0.05, 0) is 18.2 Å². The van der Waals surface area contributed by atoms with Gasteiger partial charge in [0, 0.05) is 11.1 Å². The minimum atomic E-state index is -1.04. The molecule has 1 aromatic heterocycles. The molecule has 1 aromatic carbocycles. The molecule has 2 aromatic rings. The molecule has 0 radical (unpaired) electrons. The van der Waals surface area contributed by atoms with E-state index >= 15 is 0 Å². The monoisotopic (exact) mass is 331 g/mol. The minimum Gasteiger partial charge on any atom is -0.391 e. The summed E-state index contributed by atoms with van der Waals surface area (Å²) in [5.41, 5.74) is 5.90. The number of halogens is 1. The quantitative estimate of drug-likeness (QED) is 0.866. The summed E-state index contributed by atoms with van der Waals surface area (Å²) < 4.78 is 4.67. The highest BCUT2D eigenvalue weighted by atomic mass is 35.5. The Labute approximate surface area is 135 Å². The molecule has 8 heteroatoms. The van der Waals surface area contributed by atoms with Crippen LogP contribution in [-0.4, -0.2) is 27.8 Å². The molecule has 2 N–H and O–H groups in total. The standard InChI is InChI=1S/C15H10ClN3O4/c16-8-5-9(18-12(6-8)23-15(17)22)7-19-13(20)10-3-1-2-4-11(10)14(19)21/h1-6H,7H2,(H2,17,22). The van der Waals surface area contributed by atoms with E-state index in [-0.39, 0.29) is 17.4 Å². The van der Waals surface area contributed by atoms with Gasteiger partial charge in [0.25, 0.3) is 11.8 Å². The first kappa shape index (κ1) is 15.0. The maximum atomic E-state index is 12.3. The van der Waals surface area contributed by atoms with Crippen molar-refractivity contribution in [2.75, 3.05) is 0 Å². The molecule has 116 valence electrons. The fraction of sp³-hybridized carbons (Fsp3) is 0.0667. The summed E-state index contributed by atoms with van der Waals surface area (Å²) in [6, 6.07) is 9.32. The molecule has 0 saturated heterocycles. The number of nitrogens with zero attached hydrogens (tertiary/aromatic N) is 2. The van der Waals surface area contributed by atoms with Gasteiger partial charge >= 0.3 is 6.09 Å². The lowest BCUT2D eigenvalue weighted by Gasteiger charge is -2.14. The number of pyridine rings is 1. The Morgan fingerprint density at radius 1 is 1.17 bits per heavy atom. The molecule has 3 rings (SSSR count). The van der Waals surface area contributed by atoms with Crippen molar-refractivity contribution >= 4 is 29.5 Å². The number of fused-ring (bicyclic) bond motifs is 1. The smallest absolute Gasteiger partial charge is 0.391 e. The summed E-state index contributed by atoms with van der Waals surface area (Å²) in [7, 11) is 0. The Bertz CT molecular complexity index is 802. The summed E-state index contributed by atoms with van der Waals surface area (Å²) in [6.45, 7) is -0.0952. The number of benzene rings is 1. The highest BCUT2D eigenvalue weighted by Gasteiger charge is 2.35. The Morgan fingerprint density at radius 3 is 2.35 bits per heavy atom. The fourth-order valence-corrected chi connectivity index (χ4v) is 2.53. The molecular formula is C15H10ClN3O4. The Kier molecular flexibility index (Phi) is 3.71. The number of rotatable bonds is 3. The maximum absolute atomic E-state index is 12.3. The van der Waals surface area contributed by atoms with Crippen LogP contribution in [0.15, 0.2) is 36.4 Å². The van der Waals surface area contributed by atoms with Crippen LogP contribution in [0.1, 0.15) is 26.4 Å². The first-order valence-electron chi connectivity index (χ1n) is 6.54. The molecule has 0 unspecified atom stereocenters. The predicted molar refractivity (Wildman–Crippen MR) is 80.1 cm³/mol. The number of imide groups is 1. The van der Waals surface area contributed by atoms with Crippen molar-refractivity contribution in [2.24, 2.45) is 5.73 Å². The largest absolute Gasteiger partial charge is 0.411 e. The molecule has 2 heterocycles. The van der Waals surface area contributed by atoms with E-state index in [4.69, 9.17) is 17.3 Å². The van der Waals surface area contributed by atoms with E-state index in [0.717, 1.165) is 4.90 Å². The second kappa shape index (κ2) is 5.69. The highest BCUT2D eigenvalue weighted by Crippen LogP contribution is 2.25.